The van der Waals surface area contributed by atoms with Crippen molar-refractivity contribution in [2.75, 3.05) is 0 Å². The number of rotatable bonds is 4. The molecule has 2 aromatic carbocycles. The van der Waals surface area contributed by atoms with E-state index in [4.69, 9.17) is 16.3 Å². The van der Waals surface area contributed by atoms with Crippen LogP contribution in [0.1, 0.15) is 55.1 Å². The summed E-state index contributed by atoms with van der Waals surface area (Å²) in [4.78, 5) is 12.6. The standard InChI is InChI=1S/C20H21ClFNO2/c1-3-20(4-2)12-17(15-7-5-6-8-18(15)25-20)23-19(24)14-10-9-13(21)11-16(14)22/h5-11,17H,3-4,12H2,1-2H3,(H,23,24)/t17-/m1/s1. The van der Waals surface area contributed by atoms with Gasteiger partial charge in [0, 0.05) is 17.0 Å². The van der Waals surface area contributed by atoms with Crippen LogP contribution in [0.3, 0.4) is 0 Å². The Morgan fingerprint density at radius 1 is 1.28 bits per heavy atom. The van der Waals surface area contributed by atoms with Crippen LogP contribution in [0.4, 0.5) is 4.39 Å². The molecule has 0 aliphatic carbocycles. The van der Waals surface area contributed by atoms with E-state index in [0.717, 1.165) is 30.2 Å². The minimum Gasteiger partial charge on any atom is -0.487 e. The maximum atomic E-state index is 14.1. The zero-order valence-corrected chi connectivity index (χ0v) is 15.1. The Kier molecular flexibility index (Phi) is 5.00. The molecule has 0 saturated heterocycles. The van der Waals surface area contributed by atoms with E-state index in [1.54, 1.807) is 0 Å². The summed E-state index contributed by atoms with van der Waals surface area (Å²) in [7, 11) is 0. The first-order chi connectivity index (χ1) is 12.0. The van der Waals surface area contributed by atoms with Crippen molar-refractivity contribution in [2.24, 2.45) is 0 Å². The minimum absolute atomic E-state index is 0.00744. The SMILES string of the molecule is CCC1(CC)C[C@@H](NC(=O)c2ccc(Cl)cc2F)c2ccccc2O1. The highest BCUT2D eigenvalue weighted by atomic mass is 35.5. The number of hydrogen-bond donors (Lipinski definition) is 1. The number of nitrogens with one attached hydrogen (secondary N) is 1. The number of amides is 1. The van der Waals surface area contributed by atoms with Crippen LogP contribution in [-0.4, -0.2) is 11.5 Å². The zero-order valence-electron chi connectivity index (χ0n) is 14.3. The topological polar surface area (TPSA) is 38.3 Å². The van der Waals surface area contributed by atoms with E-state index in [-0.39, 0.29) is 22.2 Å². The zero-order chi connectivity index (χ0) is 18.0. The molecule has 0 saturated carbocycles. The number of halogens is 2. The lowest BCUT2D eigenvalue weighted by atomic mass is 9.83. The second-order valence-corrected chi connectivity index (χ2v) is 6.82. The molecular weight excluding hydrogens is 341 g/mol. The van der Waals surface area contributed by atoms with E-state index >= 15 is 0 Å². The Bertz CT molecular complexity index is 789. The number of carbonyl (C=O) groups excluding carboxylic acids is 1. The molecule has 1 atom stereocenters. The number of hydrogen-bond acceptors (Lipinski definition) is 2. The van der Waals surface area contributed by atoms with Crippen LogP contribution >= 0.6 is 11.6 Å². The first kappa shape index (κ1) is 17.7. The average molecular weight is 362 g/mol. The van der Waals surface area contributed by atoms with Gasteiger partial charge >= 0.3 is 0 Å². The Hall–Kier alpha value is -2.07. The molecule has 0 fully saturated rings. The summed E-state index contributed by atoms with van der Waals surface area (Å²) in [6.07, 6.45) is 2.32. The second kappa shape index (κ2) is 7.04. The molecule has 0 radical (unpaired) electrons. The quantitative estimate of drug-likeness (QED) is 0.803. The third-order valence-corrected chi connectivity index (χ3v) is 5.20. The van der Waals surface area contributed by atoms with Crippen molar-refractivity contribution >= 4 is 17.5 Å². The van der Waals surface area contributed by atoms with E-state index in [9.17, 15) is 9.18 Å². The molecule has 132 valence electrons. The Morgan fingerprint density at radius 3 is 2.68 bits per heavy atom. The van der Waals surface area contributed by atoms with Gasteiger partial charge in [-0.3, -0.25) is 4.79 Å². The number of para-hydroxylation sites is 1. The smallest absolute Gasteiger partial charge is 0.254 e. The number of fused-ring (bicyclic) bond motifs is 1. The summed E-state index contributed by atoms with van der Waals surface area (Å²) < 4.78 is 20.3. The first-order valence-corrected chi connectivity index (χ1v) is 8.89. The van der Waals surface area contributed by atoms with Crippen molar-refractivity contribution in [3.05, 3.63) is 64.4 Å². The van der Waals surface area contributed by atoms with Crippen molar-refractivity contribution in [2.45, 2.75) is 44.8 Å². The third kappa shape index (κ3) is 3.49. The predicted molar refractivity (Wildman–Crippen MR) is 96.6 cm³/mol. The summed E-state index contributed by atoms with van der Waals surface area (Å²) in [6, 6.07) is 11.5. The van der Waals surface area contributed by atoms with Gasteiger partial charge in [-0.05, 0) is 37.1 Å². The molecule has 1 aliphatic heterocycles. The molecule has 0 unspecified atom stereocenters. The van der Waals surface area contributed by atoms with Crippen molar-refractivity contribution in [3.8, 4) is 5.75 Å². The van der Waals surface area contributed by atoms with Crippen LogP contribution < -0.4 is 10.1 Å². The van der Waals surface area contributed by atoms with Gasteiger partial charge in [-0.1, -0.05) is 43.6 Å². The van der Waals surface area contributed by atoms with Crippen LogP contribution in [0.15, 0.2) is 42.5 Å². The summed E-state index contributed by atoms with van der Waals surface area (Å²) in [5.74, 6) is -0.293. The summed E-state index contributed by atoms with van der Waals surface area (Å²) in [6.45, 7) is 4.16. The first-order valence-electron chi connectivity index (χ1n) is 8.52. The van der Waals surface area contributed by atoms with Crippen LogP contribution in [0.25, 0.3) is 0 Å². The lowest BCUT2D eigenvalue weighted by molar-refractivity contribution is 0.0227. The number of ether oxygens (including phenoxy) is 1. The Morgan fingerprint density at radius 2 is 2.00 bits per heavy atom. The second-order valence-electron chi connectivity index (χ2n) is 6.38. The van der Waals surface area contributed by atoms with E-state index in [1.165, 1.54) is 12.1 Å². The van der Waals surface area contributed by atoms with Gasteiger partial charge in [0.05, 0.1) is 11.6 Å². The molecule has 0 aromatic heterocycles. The van der Waals surface area contributed by atoms with Gasteiger partial charge in [0.2, 0.25) is 0 Å². The van der Waals surface area contributed by atoms with Crippen LogP contribution in [0.5, 0.6) is 5.75 Å². The molecule has 2 aromatic rings. The molecule has 5 heteroatoms. The lowest BCUT2D eigenvalue weighted by Gasteiger charge is -2.41. The molecule has 0 spiro atoms. The molecular formula is C20H21ClFNO2. The molecule has 3 nitrogen and oxygen atoms in total. The largest absolute Gasteiger partial charge is 0.487 e. The van der Waals surface area contributed by atoms with Gasteiger partial charge in [0.1, 0.15) is 17.2 Å². The van der Waals surface area contributed by atoms with Gasteiger partial charge in [-0.25, -0.2) is 4.39 Å². The van der Waals surface area contributed by atoms with E-state index in [2.05, 4.69) is 19.2 Å². The summed E-state index contributed by atoms with van der Waals surface area (Å²) >= 11 is 5.77. The lowest BCUT2D eigenvalue weighted by Crippen LogP contribution is -2.44. The molecule has 1 heterocycles. The molecule has 3 rings (SSSR count). The van der Waals surface area contributed by atoms with Gasteiger partial charge in [-0.2, -0.15) is 0 Å². The van der Waals surface area contributed by atoms with Crippen molar-refractivity contribution in [3.63, 3.8) is 0 Å². The minimum atomic E-state index is -0.623. The maximum absolute atomic E-state index is 14.1. The van der Waals surface area contributed by atoms with E-state index in [1.807, 2.05) is 24.3 Å². The van der Waals surface area contributed by atoms with Crippen LogP contribution in [0.2, 0.25) is 5.02 Å². The normalized spacial score (nSPS) is 18.2. The van der Waals surface area contributed by atoms with E-state index in [0.29, 0.717) is 6.42 Å². The maximum Gasteiger partial charge on any atom is 0.254 e. The van der Waals surface area contributed by atoms with Gasteiger partial charge < -0.3 is 10.1 Å². The van der Waals surface area contributed by atoms with Crippen LogP contribution in [0, 0.1) is 5.82 Å². The predicted octanol–water partition coefficient (Wildman–Crippen LogP) is 5.29. The number of carbonyl (C=O) groups is 1. The average Bonchev–Trinajstić information content (AvgIpc) is 2.61. The Balaban J connectivity index is 1.91. The highest BCUT2D eigenvalue weighted by Gasteiger charge is 2.39. The van der Waals surface area contributed by atoms with Crippen molar-refractivity contribution in [1.82, 2.24) is 5.32 Å². The van der Waals surface area contributed by atoms with Gasteiger partial charge in [0.25, 0.3) is 5.91 Å². The van der Waals surface area contributed by atoms with Crippen LogP contribution in [-0.2, 0) is 0 Å². The fourth-order valence-electron chi connectivity index (χ4n) is 3.34. The molecule has 0 bridgehead atoms. The molecule has 1 amide bonds. The van der Waals surface area contributed by atoms with Crippen molar-refractivity contribution < 1.29 is 13.9 Å². The number of benzene rings is 2. The van der Waals surface area contributed by atoms with E-state index < -0.39 is 11.7 Å². The highest BCUT2D eigenvalue weighted by molar-refractivity contribution is 6.30. The molecule has 1 N–H and O–H groups in total. The van der Waals surface area contributed by atoms with Gasteiger partial charge in [-0.15, -0.1) is 0 Å². The summed E-state index contributed by atoms with van der Waals surface area (Å²) in [5, 5.41) is 3.24. The van der Waals surface area contributed by atoms with Crippen molar-refractivity contribution in [1.29, 1.82) is 0 Å². The fraction of sp³-hybridized carbons (Fsp3) is 0.350. The monoisotopic (exact) mass is 361 g/mol. The Labute approximate surface area is 152 Å². The highest BCUT2D eigenvalue weighted by Crippen LogP contribution is 2.42. The molecule has 25 heavy (non-hydrogen) atoms. The summed E-state index contributed by atoms with van der Waals surface area (Å²) in [5.41, 5.74) is 0.583. The third-order valence-electron chi connectivity index (χ3n) is 4.97. The van der Waals surface area contributed by atoms with Gasteiger partial charge in [0.15, 0.2) is 0 Å². The fourth-order valence-corrected chi connectivity index (χ4v) is 3.50. The molecule has 1 aliphatic rings.